The molecule has 40 nitrogen and oxygen atoms in total. The summed E-state index contributed by atoms with van der Waals surface area (Å²) >= 11 is 0. The Kier molecular flexibility index (Phi) is 52.4. The van der Waals surface area contributed by atoms with Crippen LogP contribution in [0.25, 0.3) is 0 Å². The molecule has 33 atom stereocenters. The van der Waals surface area contributed by atoms with E-state index in [0.29, 0.717) is 12.8 Å². The van der Waals surface area contributed by atoms with Crippen LogP contribution < -0.4 is 21.3 Å². The number of carbonyl (C=O) groups excluding carboxylic acids is 4. The first-order chi connectivity index (χ1) is 60.9. The molecule has 6 heterocycles. The summed E-state index contributed by atoms with van der Waals surface area (Å²) in [6.45, 7) is -0.0367. The third-order valence-electron chi connectivity index (χ3n) is 24.6. The highest BCUT2D eigenvalue weighted by Gasteiger charge is 2.63. The zero-order valence-electron chi connectivity index (χ0n) is 74.8. The average Bonchev–Trinajstić information content (AvgIpc) is 0.742. The lowest BCUT2D eigenvalue weighted by atomic mass is 9.88. The molecule has 0 aromatic rings. The predicted molar refractivity (Wildman–Crippen MR) is 450 cm³/mol. The second kappa shape index (κ2) is 59.6. The fourth-order valence-electron chi connectivity index (χ4n) is 17.3. The van der Waals surface area contributed by atoms with Gasteiger partial charge < -0.3 is 175 Å². The summed E-state index contributed by atoms with van der Waals surface area (Å²) in [5.41, 5.74) is 0. The molecular weight excluding hydrogens is 1680 g/mol. The van der Waals surface area contributed by atoms with Gasteiger partial charge in [0.2, 0.25) is 23.6 Å². The first kappa shape index (κ1) is 112. The van der Waals surface area contributed by atoms with E-state index >= 15 is 0 Å². The number of ether oxygens (including phenoxy) is 12. The van der Waals surface area contributed by atoms with Crippen molar-refractivity contribution in [2.24, 2.45) is 0 Å². The molecule has 0 aromatic heterocycles. The number of rotatable bonds is 62. The van der Waals surface area contributed by atoms with Gasteiger partial charge in [0.25, 0.3) is 5.79 Å². The topological polar surface area (TPSA) is 629 Å². The van der Waals surface area contributed by atoms with Gasteiger partial charge in [-0.25, -0.2) is 4.79 Å². The molecule has 12 unspecified atom stereocenters. The second-order valence-electron chi connectivity index (χ2n) is 34.9. The molecule has 0 aliphatic carbocycles. The molecule has 40 heteroatoms. The van der Waals surface area contributed by atoms with Crippen LogP contribution in [-0.2, 0) is 80.8 Å². The summed E-state index contributed by atoms with van der Waals surface area (Å²) in [5.74, 6) is -8.75. The van der Waals surface area contributed by atoms with Crippen molar-refractivity contribution in [3.63, 3.8) is 0 Å². The van der Waals surface area contributed by atoms with Crippen molar-refractivity contribution in [1.82, 2.24) is 21.3 Å². The normalized spacial score (nSPS) is 34.6. The van der Waals surface area contributed by atoms with E-state index < -0.39 is 284 Å². The van der Waals surface area contributed by atoms with Crippen LogP contribution in [0.4, 0.5) is 0 Å². The molecule has 740 valence electrons. The number of carbonyl (C=O) groups is 5. The molecule has 6 rings (SSSR count). The maximum atomic E-state index is 14.0. The monoisotopic (exact) mass is 1830 g/mol. The Morgan fingerprint density at radius 3 is 1.27 bits per heavy atom. The summed E-state index contributed by atoms with van der Waals surface area (Å²) in [5, 5.41) is 225. The van der Waals surface area contributed by atoms with Gasteiger partial charge in [-0.1, -0.05) is 219 Å². The van der Waals surface area contributed by atoms with Crippen molar-refractivity contribution >= 4 is 29.6 Å². The number of aliphatic hydroxyl groups is 18. The maximum Gasteiger partial charge on any atom is 0.364 e. The Morgan fingerprint density at radius 1 is 0.409 bits per heavy atom. The molecule has 6 saturated heterocycles. The minimum Gasteiger partial charge on any atom is -0.477 e. The van der Waals surface area contributed by atoms with Crippen LogP contribution in [-0.4, -0.2) is 375 Å². The van der Waals surface area contributed by atoms with E-state index in [0.717, 1.165) is 85.0 Å². The lowest BCUT2D eigenvalue weighted by Gasteiger charge is -2.53. The van der Waals surface area contributed by atoms with Gasteiger partial charge in [-0.3, -0.25) is 19.2 Å². The van der Waals surface area contributed by atoms with Crippen LogP contribution in [0.3, 0.4) is 0 Å². The molecule has 0 aromatic carbocycles. The third kappa shape index (κ3) is 35.0. The molecule has 23 N–H and O–H groups in total. The van der Waals surface area contributed by atoms with Crippen molar-refractivity contribution in [3.05, 3.63) is 12.2 Å². The van der Waals surface area contributed by atoms with Crippen LogP contribution >= 0.6 is 0 Å². The minimum absolute atomic E-state index is 0.113. The number of hydrogen-bond acceptors (Lipinski definition) is 35. The number of aliphatic hydroxyl groups excluding tert-OH is 18. The van der Waals surface area contributed by atoms with E-state index in [-0.39, 0.29) is 6.42 Å². The van der Waals surface area contributed by atoms with Crippen molar-refractivity contribution in [1.29, 1.82) is 0 Å². The Bertz CT molecular complexity index is 3070. The average molecular weight is 1830 g/mol. The number of hydrogen-bond donors (Lipinski definition) is 23. The Balaban J connectivity index is 1.23. The lowest BCUT2D eigenvalue weighted by Crippen LogP contribution is -2.72. The molecule has 127 heavy (non-hydrogen) atoms. The van der Waals surface area contributed by atoms with E-state index in [9.17, 15) is 121 Å². The van der Waals surface area contributed by atoms with Crippen molar-refractivity contribution in [2.45, 2.75) is 461 Å². The van der Waals surface area contributed by atoms with Crippen molar-refractivity contribution in [3.8, 4) is 0 Å². The van der Waals surface area contributed by atoms with Crippen molar-refractivity contribution in [2.75, 3.05) is 46.2 Å². The van der Waals surface area contributed by atoms with Crippen molar-refractivity contribution < 1.29 is 178 Å². The van der Waals surface area contributed by atoms with Gasteiger partial charge in [0.05, 0.1) is 70.5 Å². The molecule has 0 spiro atoms. The van der Waals surface area contributed by atoms with Crippen LogP contribution in [0.2, 0.25) is 0 Å². The highest BCUT2D eigenvalue weighted by atomic mass is 16.8. The smallest absolute Gasteiger partial charge is 0.364 e. The minimum atomic E-state index is -3.45. The standard InChI is InChI=1S/C87H156N4O36/c1-6-8-10-12-14-16-18-20-21-22-23-24-25-26-27-29-31-33-35-37-39-41-62(104)91-53(54(101)40-38-36-34-32-30-28-19-17-15-13-11-9-7-2)49-116-83-72(111)71(110)75(60(47-96)120-83)122-85-74(113)80(127-87(86(114)115)42-55(102)63(88-50(3)98)78(126-87)66(105)56(103)43-92)76(61(48-97)121-85)123-82-65(90-52(5)100)77(68(107)58(45-94)118-82)124-84-73(112)79(69(108)59(46-95)119-84)125-81-64(89-51(4)99)70(109)67(106)57(44-93)117-81/h38,40,53-61,63-85,92-97,101-103,105-113H,6-37,39,41-49H2,1-5H3,(H,88,98)(H,89,99)(H,90,100)(H,91,104)(H,114,115)/b40-38+/t53-,54+,55?,56+,57?,58?,59?,60?,61?,63+,64?,65?,66+,67-,68-,69-,70+,71+,72?,73?,74?,75+,76-,77+,78?,79-,80+,81-,82-,83+,84-,85-,87-/m0/s1. The Hall–Kier alpha value is -4.11. The second-order valence-corrected chi connectivity index (χ2v) is 34.9. The molecule has 0 bridgehead atoms. The van der Waals surface area contributed by atoms with Gasteiger partial charge in [0.1, 0.15) is 140 Å². The van der Waals surface area contributed by atoms with Gasteiger partial charge in [-0.2, -0.15) is 0 Å². The van der Waals surface area contributed by atoms with Gasteiger partial charge in [0.15, 0.2) is 31.5 Å². The molecule has 6 aliphatic heterocycles. The highest BCUT2D eigenvalue weighted by Crippen LogP contribution is 2.42. The van der Waals surface area contributed by atoms with Gasteiger partial charge in [0, 0.05) is 33.6 Å². The Labute approximate surface area is 745 Å². The van der Waals surface area contributed by atoms with Crippen LogP contribution in [0.15, 0.2) is 12.2 Å². The van der Waals surface area contributed by atoms with Crippen LogP contribution in [0, 0.1) is 0 Å². The van der Waals surface area contributed by atoms with Crippen LogP contribution in [0.5, 0.6) is 0 Å². The summed E-state index contributed by atoms with van der Waals surface area (Å²) in [4.78, 5) is 66.2. The summed E-state index contributed by atoms with van der Waals surface area (Å²) < 4.78 is 72.7. The molecule has 0 saturated carbocycles. The number of carboxylic acid groups (broad SMARTS) is 1. The van der Waals surface area contributed by atoms with E-state index in [2.05, 4.69) is 35.1 Å². The zero-order chi connectivity index (χ0) is 93.3. The SMILES string of the molecule is CCCCCCCCCCCCC/C=C/[C@@H](O)[C@H](CO[C@@H]1OC(CO)[C@@H](O[C@@H]2OC(CO)[C@H](O[C@@H]3OC(CO)[C@H](O)[C@H](O[C@@H]4OC(CO)[C@H](O)[C@H](O[C@@H]5OC(CO)[C@H](O)[C@H](O)C5NC(C)=O)C4O)C3NC(C)=O)[C@H](O[C@]3(C(=O)O)CC(O)[C@@H](NC(C)=O)C([C@H](O)[C@H](O)CO)O3)C2O)[C@H](O)C1O)NC(=O)CCCCCCCCCCCCCCCCCCCCCCC. The van der Waals surface area contributed by atoms with Gasteiger partial charge >= 0.3 is 5.97 Å². The fraction of sp³-hybridized carbons (Fsp3) is 0.920. The largest absolute Gasteiger partial charge is 0.477 e. The molecule has 4 amide bonds. The number of carboxylic acids is 1. The maximum absolute atomic E-state index is 14.0. The number of unbranched alkanes of at least 4 members (excludes halogenated alkanes) is 31. The highest BCUT2D eigenvalue weighted by molar-refractivity contribution is 5.77. The zero-order valence-corrected chi connectivity index (χ0v) is 74.8. The number of amides is 4. The Morgan fingerprint density at radius 2 is 0.795 bits per heavy atom. The van der Waals surface area contributed by atoms with Gasteiger partial charge in [-0.15, -0.1) is 0 Å². The van der Waals surface area contributed by atoms with E-state index in [1.165, 1.54) is 141 Å². The third-order valence-corrected chi connectivity index (χ3v) is 24.6. The fourth-order valence-corrected chi connectivity index (χ4v) is 17.3. The molecule has 6 aliphatic rings. The summed E-state index contributed by atoms with van der Waals surface area (Å²) in [6, 6.07) is -6.71. The van der Waals surface area contributed by atoms with E-state index in [1.807, 2.05) is 0 Å². The number of nitrogens with one attached hydrogen (secondary N) is 4. The number of allylic oxidation sites excluding steroid dienone is 1. The molecular formula is C87H156N4O36. The summed E-state index contributed by atoms with van der Waals surface area (Å²) in [7, 11) is 0. The summed E-state index contributed by atoms with van der Waals surface area (Å²) in [6.07, 6.45) is -18.5. The van der Waals surface area contributed by atoms with E-state index in [1.54, 1.807) is 6.08 Å². The lowest BCUT2D eigenvalue weighted by molar-refractivity contribution is -0.404. The molecule has 0 radical (unpaired) electrons. The first-order valence-electron chi connectivity index (χ1n) is 46.6. The van der Waals surface area contributed by atoms with Crippen LogP contribution in [0.1, 0.15) is 259 Å². The predicted octanol–water partition coefficient (Wildman–Crippen LogP) is -0.734. The molecule has 6 fully saturated rings. The van der Waals surface area contributed by atoms with E-state index in [4.69, 9.17) is 56.8 Å². The quantitative estimate of drug-likeness (QED) is 0.0264. The number of aliphatic carboxylic acids is 1. The first-order valence-corrected chi connectivity index (χ1v) is 46.6. The van der Waals surface area contributed by atoms with Gasteiger partial charge in [-0.05, 0) is 19.3 Å².